The summed E-state index contributed by atoms with van der Waals surface area (Å²) >= 11 is 0.913. The molecule has 3 N–H and O–H groups in total. The fourth-order valence-electron chi connectivity index (χ4n) is 2.10. The van der Waals surface area contributed by atoms with Gasteiger partial charge in [-0.2, -0.15) is 10.1 Å². The summed E-state index contributed by atoms with van der Waals surface area (Å²) in [7, 11) is 0. The summed E-state index contributed by atoms with van der Waals surface area (Å²) in [5, 5.41) is 9.19. The maximum absolute atomic E-state index is 12.7. The number of hydrazone groups is 2. The number of nitrogens with two attached hydrogens (primary N) is 1. The van der Waals surface area contributed by atoms with E-state index in [9.17, 15) is 9.59 Å². The van der Waals surface area contributed by atoms with E-state index in [4.69, 9.17) is 5.73 Å². The standard InChI is InChI=1S/C12H11N5O2S/c1-7-12(9(18)14-15-11(13)20-12)10(19)17(16-7)8-5-3-2-4-6-8/h2-6H,1H3,(H2,13,15)(H,14,18). The third-order valence-electron chi connectivity index (χ3n) is 3.10. The highest BCUT2D eigenvalue weighted by Gasteiger charge is 2.58. The lowest BCUT2D eigenvalue weighted by Crippen LogP contribution is -2.57. The fourth-order valence-corrected chi connectivity index (χ4v) is 3.01. The van der Waals surface area contributed by atoms with E-state index in [2.05, 4.69) is 15.6 Å². The molecule has 3 rings (SSSR count). The zero-order chi connectivity index (χ0) is 14.3. The molecule has 2 aliphatic rings. The molecule has 1 spiro atoms. The van der Waals surface area contributed by atoms with Crippen molar-refractivity contribution in [1.82, 2.24) is 5.43 Å². The van der Waals surface area contributed by atoms with Crippen molar-refractivity contribution in [3.8, 4) is 0 Å². The largest absolute Gasteiger partial charge is 0.377 e. The summed E-state index contributed by atoms with van der Waals surface area (Å²) < 4.78 is -1.46. The van der Waals surface area contributed by atoms with Gasteiger partial charge in [-0.15, -0.1) is 5.10 Å². The van der Waals surface area contributed by atoms with Crippen LogP contribution < -0.4 is 16.2 Å². The van der Waals surface area contributed by atoms with Crippen LogP contribution in [0.5, 0.6) is 0 Å². The summed E-state index contributed by atoms with van der Waals surface area (Å²) in [5.41, 5.74) is 8.89. The van der Waals surface area contributed by atoms with Gasteiger partial charge in [0.15, 0.2) is 5.17 Å². The van der Waals surface area contributed by atoms with Crippen LogP contribution in [0, 0.1) is 0 Å². The number of hydrogen-bond acceptors (Lipinski definition) is 6. The van der Waals surface area contributed by atoms with E-state index < -0.39 is 16.6 Å². The first-order valence-electron chi connectivity index (χ1n) is 5.83. The Morgan fingerprint density at radius 1 is 1.30 bits per heavy atom. The Kier molecular flexibility index (Phi) is 2.75. The molecule has 20 heavy (non-hydrogen) atoms. The predicted octanol–water partition coefficient (Wildman–Crippen LogP) is 0.241. The first kappa shape index (κ1) is 12.7. The lowest BCUT2D eigenvalue weighted by atomic mass is 10.0. The van der Waals surface area contributed by atoms with E-state index in [-0.39, 0.29) is 5.17 Å². The molecule has 0 fully saturated rings. The van der Waals surface area contributed by atoms with Crippen LogP contribution in [0.1, 0.15) is 6.92 Å². The van der Waals surface area contributed by atoms with Gasteiger partial charge in [0.25, 0.3) is 11.8 Å². The Morgan fingerprint density at radius 2 is 2.00 bits per heavy atom. The Hall–Kier alpha value is -2.35. The lowest BCUT2D eigenvalue weighted by Gasteiger charge is -2.27. The van der Waals surface area contributed by atoms with Crippen LogP contribution in [0.3, 0.4) is 0 Å². The predicted molar refractivity (Wildman–Crippen MR) is 77.1 cm³/mol. The summed E-state index contributed by atoms with van der Waals surface area (Å²) in [6.07, 6.45) is 0. The molecule has 0 radical (unpaired) electrons. The average Bonchev–Trinajstić information content (AvgIpc) is 2.70. The normalized spacial score (nSPS) is 25.6. The minimum atomic E-state index is -1.46. The quantitative estimate of drug-likeness (QED) is 0.723. The van der Waals surface area contributed by atoms with Gasteiger partial charge in [0, 0.05) is 0 Å². The van der Waals surface area contributed by atoms with Crippen LogP contribution in [0.15, 0.2) is 40.5 Å². The topological polar surface area (TPSA) is 100 Å². The van der Waals surface area contributed by atoms with Crippen molar-refractivity contribution < 1.29 is 9.59 Å². The van der Waals surface area contributed by atoms with E-state index in [1.165, 1.54) is 5.01 Å². The van der Waals surface area contributed by atoms with Gasteiger partial charge in [0.1, 0.15) is 0 Å². The van der Waals surface area contributed by atoms with Crippen molar-refractivity contribution in [3.05, 3.63) is 30.3 Å². The number of nitrogens with zero attached hydrogens (tertiary/aromatic N) is 3. The number of benzene rings is 1. The van der Waals surface area contributed by atoms with Gasteiger partial charge in [0.2, 0.25) is 4.75 Å². The number of carbonyl (C=O) groups excluding carboxylic acids is 2. The maximum Gasteiger partial charge on any atom is 0.279 e. The maximum atomic E-state index is 12.7. The highest BCUT2D eigenvalue weighted by molar-refractivity contribution is 8.17. The van der Waals surface area contributed by atoms with Crippen LogP contribution in [-0.2, 0) is 9.59 Å². The van der Waals surface area contributed by atoms with Crippen molar-refractivity contribution in [2.75, 3.05) is 5.01 Å². The van der Waals surface area contributed by atoms with Crippen LogP contribution >= 0.6 is 11.8 Å². The van der Waals surface area contributed by atoms with Crippen LogP contribution in [-0.4, -0.2) is 27.4 Å². The van der Waals surface area contributed by atoms with E-state index in [0.29, 0.717) is 11.4 Å². The van der Waals surface area contributed by atoms with E-state index in [1.54, 1.807) is 31.2 Å². The average molecular weight is 289 g/mol. The molecular weight excluding hydrogens is 278 g/mol. The van der Waals surface area contributed by atoms with Gasteiger partial charge >= 0.3 is 0 Å². The Labute approximate surface area is 118 Å². The Bertz CT molecular complexity index is 657. The fraction of sp³-hybridized carbons (Fsp3) is 0.167. The number of hydrogen-bond donors (Lipinski definition) is 2. The lowest BCUT2D eigenvalue weighted by molar-refractivity contribution is -0.128. The van der Waals surface area contributed by atoms with Crippen molar-refractivity contribution >= 4 is 40.1 Å². The second kappa shape index (κ2) is 4.34. The monoisotopic (exact) mass is 289 g/mol. The van der Waals surface area contributed by atoms with Crippen LogP contribution in [0.2, 0.25) is 0 Å². The molecule has 102 valence electrons. The number of amides is 2. The number of nitrogens with one attached hydrogen (secondary N) is 1. The molecule has 1 aromatic carbocycles. The Morgan fingerprint density at radius 3 is 2.70 bits per heavy atom. The molecule has 2 aliphatic heterocycles. The molecule has 1 atom stereocenters. The van der Waals surface area contributed by atoms with Gasteiger partial charge in [-0.25, -0.2) is 5.43 Å². The Balaban J connectivity index is 2.05. The SMILES string of the molecule is CC1=NN(c2ccccc2)C(=O)C12SC(N)=NNC2=O. The van der Waals surface area contributed by atoms with Gasteiger partial charge in [-0.1, -0.05) is 30.0 Å². The highest BCUT2D eigenvalue weighted by Crippen LogP contribution is 2.38. The second-order valence-corrected chi connectivity index (χ2v) is 5.55. The molecular formula is C12H11N5O2S. The molecule has 1 aromatic rings. The van der Waals surface area contributed by atoms with Crippen LogP contribution in [0.4, 0.5) is 5.69 Å². The molecule has 0 aliphatic carbocycles. The minimum Gasteiger partial charge on any atom is -0.377 e. The van der Waals surface area contributed by atoms with E-state index in [0.717, 1.165) is 11.8 Å². The molecule has 1 unspecified atom stereocenters. The number of carbonyl (C=O) groups is 2. The van der Waals surface area contributed by atoms with Crippen molar-refractivity contribution in [2.45, 2.75) is 11.7 Å². The van der Waals surface area contributed by atoms with Gasteiger partial charge in [-0.05, 0) is 19.1 Å². The summed E-state index contributed by atoms with van der Waals surface area (Å²) in [5.74, 6) is -0.970. The zero-order valence-corrected chi connectivity index (χ0v) is 11.3. The number of para-hydroxylation sites is 1. The molecule has 8 heteroatoms. The third kappa shape index (κ3) is 1.61. The van der Waals surface area contributed by atoms with E-state index in [1.807, 2.05) is 6.07 Å². The summed E-state index contributed by atoms with van der Waals surface area (Å²) in [6, 6.07) is 8.92. The third-order valence-corrected chi connectivity index (χ3v) is 4.36. The summed E-state index contributed by atoms with van der Waals surface area (Å²) in [4.78, 5) is 24.8. The zero-order valence-electron chi connectivity index (χ0n) is 10.5. The van der Waals surface area contributed by atoms with Crippen LogP contribution in [0.25, 0.3) is 0 Å². The number of rotatable bonds is 1. The molecule has 0 aromatic heterocycles. The van der Waals surface area contributed by atoms with Gasteiger partial charge in [0.05, 0.1) is 11.4 Å². The minimum absolute atomic E-state index is 0.127. The van der Waals surface area contributed by atoms with Gasteiger partial charge in [-0.3, -0.25) is 9.59 Å². The molecule has 2 heterocycles. The molecule has 0 saturated carbocycles. The van der Waals surface area contributed by atoms with E-state index >= 15 is 0 Å². The van der Waals surface area contributed by atoms with Crippen molar-refractivity contribution in [1.29, 1.82) is 0 Å². The first-order chi connectivity index (χ1) is 9.55. The second-order valence-electron chi connectivity index (χ2n) is 4.31. The van der Waals surface area contributed by atoms with Crippen molar-refractivity contribution in [2.24, 2.45) is 15.9 Å². The summed E-state index contributed by atoms with van der Waals surface area (Å²) in [6.45, 7) is 1.63. The van der Waals surface area contributed by atoms with Gasteiger partial charge < -0.3 is 5.73 Å². The molecule has 2 amide bonds. The first-order valence-corrected chi connectivity index (χ1v) is 6.65. The highest BCUT2D eigenvalue weighted by atomic mass is 32.2. The number of anilines is 1. The number of thioether (sulfide) groups is 1. The van der Waals surface area contributed by atoms with Crippen molar-refractivity contribution in [3.63, 3.8) is 0 Å². The smallest absolute Gasteiger partial charge is 0.279 e. The number of amidine groups is 1. The molecule has 7 nitrogen and oxygen atoms in total. The molecule has 0 bridgehead atoms. The molecule has 0 saturated heterocycles.